The van der Waals surface area contributed by atoms with Crippen LogP contribution in [0.4, 0.5) is 0 Å². The van der Waals surface area contributed by atoms with Crippen LogP contribution in [-0.4, -0.2) is 0 Å². The quantitative estimate of drug-likeness (QED) is 0.562. The Balaban J connectivity index is 4.21. The fourth-order valence-electron chi connectivity index (χ4n) is 0.544. The maximum Gasteiger partial charge on any atom is 0.00811 e. The van der Waals surface area contributed by atoms with Crippen molar-refractivity contribution < 1.29 is 0 Å². The summed E-state index contributed by atoms with van der Waals surface area (Å²) < 4.78 is 0. The average Bonchev–Trinajstić information content (AvgIpc) is 1.84. The zero-order valence-electron chi connectivity index (χ0n) is 6.49. The summed E-state index contributed by atoms with van der Waals surface area (Å²) in [4.78, 5) is 0. The number of hydrogen-bond acceptors (Lipinski definition) is 1. The molecule has 1 heteroatoms. The predicted octanol–water partition coefficient (Wildman–Crippen LogP) is 2.21. The highest BCUT2D eigenvalue weighted by Crippen LogP contribution is 2.11. The molecule has 9 heavy (non-hydrogen) atoms. The van der Waals surface area contributed by atoms with Crippen molar-refractivity contribution in [1.82, 2.24) is 0 Å². The van der Waals surface area contributed by atoms with Gasteiger partial charge in [0.25, 0.3) is 0 Å². The molecule has 1 nitrogen and oxygen atoms in total. The Labute approximate surface area is 57.3 Å². The molecular formula is C8H15N. The van der Waals surface area contributed by atoms with Crippen molar-refractivity contribution in [2.75, 3.05) is 0 Å². The van der Waals surface area contributed by atoms with Crippen LogP contribution in [0, 0.1) is 0 Å². The van der Waals surface area contributed by atoms with Gasteiger partial charge in [-0.1, -0.05) is 19.1 Å². The Morgan fingerprint density at radius 3 is 2.00 bits per heavy atom. The van der Waals surface area contributed by atoms with Crippen LogP contribution in [0.15, 0.2) is 23.4 Å². The van der Waals surface area contributed by atoms with Crippen molar-refractivity contribution in [3.8, 4) is 0 Å². The molecule has 0 fully saturated rings. The Bertz CT molecular complexity index is 139. The molecule has 0 heterocycles. The third kappa shape index (κ3) is 2.36. The number of allylic oxidation sites excluding steroid dienone is 3. The van der Waals surface area contributed by atoms with E-state index in [1.807, 2.05) is 13.8 Å². The van der Waals surface area contributed by atoms with E-state index in [0.29, 0.717) is 0 Å². The third-order valence-corrected chi connectivity index (χ3v) is 1.55. The lowest BCUT2D eigenvalue weighted by Crippen LogP contribution is -1.96. The number of rotatable bonds is 2. The van der Waals surface area contributed by atoms with E-state index in [1.54, 1.807) is 0 Å². The first-order chi connectivity index (χ1) is 4.09. The van der Waals surface area contributed by atoms with Crippen molar-refractivity contribution in [2.45, 2.75) is 27.2 Å². The fourth-order valence-corrected chi connectivity index (χ4v) is 0.544. The molecule has 0 aliphatic rings. The molecule has 0 spiro atoms. The lowest BCUT2D eigenvalue weighted by Gasteiger charge is -2.03. The van der Waals surface area contributed by atoms with Crippen molar-refractivity contribution in [3.63, 3.8) is 0 Å². The highest BCUT2D eigenvalue weighted by Gasteiger charge is 1.94. The van der Waals surface area contributed by atoms with Crippen LogP contribution in [-0.2, 0) is 0 Å². The van der Waals surface area contributed by atoms with Crippen molar-refractivity contribution in [1.29, 1.82) is 0 Å². The fraction of sp³-hybridized carbons (Fsp3) is 0.500. The minimum absolute atomic E-state index is 0.877. The molecule has 0 radical (unpaired) electrons. The lowest BCUT2D eigenvalue weighted by molar-refractivity contribution is 1.08. The van der Waals surface area contributed by atoms with E-state index in [9.17, 15) is 0 Å². The summed E-state index contributed by atoms with van der Waals surface area (Å²) >= 11 is 0. The third-order valence-electron chi connectivity index (χ3n) is 1.55. The predicted molar refractivity (Wildman–Crippen MR) is 42.0 cm³/mol. The zero-order chi connectivity index (χ0) is 7.44. The van der Waals surface area contributed by atoms with Gasteiger partial charge in [0.05, 0.1) is 0 Å². The molecule has 0 rings (SSSR count). The van der Waals surface area contributed by atoms with Crippen molar-refractivity contribution >= 4 is 0 Å². The summed E-state index contributed by atoms with van der Waals surface area (Å²) in [5.74, 6) is 0. The van der Waals surface area contributed by atoms with Gasteiger partial charge >= 0.3 is 0 Å². The standard InChI is InChI=1S/C8H15N/c1-5-6(2)7(3)8(4)9/h2,5,9H2,1,3-4H3/b8-7-. The first kappa shape index (κ1) is 8.28. The molecule has 52 valence electrons. The molecule has 0 aromatic rings. The normalized spacial score (nSPS) is 12.8. The largest absolute Gasteiger partial charge is 0.402 e. The molecule has 0 aromatic heterocycles. The highest BCUT2D eigenvalue weighted by atomic mass is 14.6. The summed E-state index contributed by atoms with van der Waals surface area (Å²) in [7, 11) is 0. The van der Waals surface area contributed by atoms with Gasteiger partial charge in [0.2, 0.25) is 0 Å². The summed E-state index contributed by atoms with van der Waals surface area (Å²) in [6, 6.07) is 0. The minimum atomic E-state index is 0.877. The average molecular weight is 125 g/mol. The van der Waals surface area contributed by atoms with E-state index < -0.39 is 0 Å². The molecule has 2 N–H and O–H groups in total. The van der Waals surface area contributed by atoms with Crippen LogP contribution in [0.25, 0.3) is 0 Å². The van der Waals surface area contributed by atoms with E-state index in [1.165, 1.54) is 0 Å². The van der Waals surface area contributed by atoms with Gasteiger partial charge in [-0.25, -0.2) is 0 Å². The summed E-state index contributed by atoms with van der Waals surface area (Å²) in [6.45, 7) is 9.83. The molecule has 0 saturated heterocycles. The SMILES string of the molecule is C=C(CC)/C(C)=C(/C)N. The molecule has 0 aliphatic carbocycles. The molecule has 0 amide bonds. The second kappa shape index (κ2) is 3.33. The van der Waals surface area contributed by atoms with Gasteiger partial charge < -0.3 is 5.73 Å². The smallest absolute Gasteiger partial charge is 0.00811 e. The maximum absolute atomic E-state index is 5.53. The van der Waals surface area contributed by atoms with Gasteiger partial charge in [-0.2, -0.15) is 0 Å². The molecule has 0 aromatic carbocycles. The molecule has 0 atom stereocenters. The first-order valence-corrected chi connectivity index (χ1v) is 3.20. The Morgan fingerprint density at radius 2 is 1.89 bits per heavy atom. The second-order valence-electron chi connectivity index (χ2n) is 2.27. The van der Waals surface area contributed by atoms with Gasteiger partial charge in [0.15, 0.2) is 0 Å². The Morgan fingerprint density at radius 1 is 1.44 bits per heavy atom. The van der Waals surface area contributed by atoms with Crippen LogP contribution in [0.2, 0.25) is 0 Å². The molecule has 0 unspecified atom stereocenters. The highest BCUT2D eigenvalue weighted by molar-refractivity contribution is 5.28. The van der Waals surface area contributed by atoms with E-state index in [-0.39, 0.29) is 0 Å². The van der Waals surface area contributed by atoms with Gasteiger partial charge in [0, 0.05) is 5.70 Å². The van der Waals surface area contributed by atoms with Crippen LogP contribution >= 0.6 is 0 Å². The minimum Gasteiger partial charge on any atom is -0.402 e. The number of hydrogen-bond donors (Lipinski definition) is 1. The Kier molecular flexibility index (Phi) is 3.07. The van der Waals surface area contributed by atoms with E-state index in [2.05, 4.69) is 13.5 Å². The summed E-state index contributed by atoms with van der Waals surface area (Å²) in [5.41, 5.74) is 8.68. The monoisotopic (exact) mass is 125 g/mol. The van der Waals surface area contributed by atoms with Crippen LogP contribution < -0.4 is 5.73 Å². The zero-order valence-corrected chi connectivity index (χ0v) is 6.49. The molecular weight excluding hydrogens is 110 g/mol. The van der Waals surface area contributed by atoms with E-state index >= 15 is 0 Å². The summed E-state index contributed by atoms with van der Waals surface area (Å²) in [6.07, 6.45) is 0.986. The summed E-state index contributed by atoms with van der Waals surface area (Å²) in [5, 5.41) is 0. The first-order valence-electron chi connectivity index (χ1n) is 3.20. The Hall–Kier alpha value is -0.720. The van der Waals surface area contributed by atoms with Crippen molar-refractivity contribution in [2.24, 2.45) is 5.73 Å². The van der Waals surface area contributed by atoms with E-state index in [0.717, 1.165) is 23.3 Å². The van der Waals surface area contributed by atoms with Crippen LogP contribution in [0.3, 0.4) is 0 Å². The van der Waals surface area contributed by atoms with Gasteiger partial charge in [-0.05, 0) is 25.8 Å². The van der Waals surface area contributed by atoms with Crippen LogP contribution in [0.1, 0.15) is 27.2 Å². The second-order valence-corrected chi connectivity index (χ2v) is 2.27. The maximum atomic E-state index is 5.53. The molecule has 0 bridgehead atoms. The van der Waals surface area contributed by atoms with Gasteiger partial charge in [-0.3, -0.25) is 0 Å². The lowest BCUT2D eigenvalue weighted by atomic mass is 10.1. The molecule has 0 saturated carbocycles. The molecule has 0 aliphatic heterocycles. The van der Waals surface area contributed by atoms with E-state index in [4.69, 9.17) is 5.73 Å². The van der Waals surface area contributed by atoms with Crippen molar-refractivity contribution in [3.05, 3.63) is 23.4 Å². The van der Waals surface area contributed by atoms with Crippen LogP contribution in [0.5, 0.6) is 0 Å². The van der Waals surface area contributed by atoms with Gasteiger partial charge in [0.1, 0.15) is 0 Å². The van der Waals surface area contributed by atoms with Gasteiger partial charge in [-0.15, -0.1) is 0 Å². The topological polar surface area (TPSA) is 26.0 Å². The number of nitrogens with two attached hydrogens (primary N) is 1.